The second-order valence-corrected chi connectivity index (χ2v) is 5.94. The minimum atomic E-state index is -0.319. The maximum absolute atomic E-state index is 12.4. The third-order valence-electron chi connectivity index (χ3n) is 4.18. The van der Waals surface area contributed by atoms with E-state index in [9.17, 15) is 9.90 Å². The van der Waals surface area contributed by atoms with Crippen LogP contribution in [0.25, 0.3) is 11.4 Å². The zero-order valence-electron chi connectivity index (χ0n) is 13.4. The number of hydrogen-bond donors (Lipinski definition) is 2. The molecule has 0 fully saturated rings. The van der Waals surface area contributed by atoms with Crippen molar-refractivity contribution < 1.29 is 14.4 Å². The molecule has 126 valence electrons. The Morgan fingerprint density at radius 3 is 2.76 bits per heavy atom. The Kier molecular flexibility index (Phi) is 3.89. The first-order chi connectivity index (χ1) is 12.2. The number of amides is 1. The Hall–Kier alpha value is -3.22. The summed E-state index contributed by atoms with van der Waals surface area (Å²) in [6, 6.07) is 6.68. The molecule has 4 rings (SSSR count). The molecule has 1 aliphatic carbocycles. The van der Waals surface area contributed by atoms with Gasteiger partial charge in [-0.3, -0.25) is 4.79 Å². The van der Waals surface area contributed by atoms with E-state index in [0.717, 1.165) is 37.0 Å². The van der Waals surface area contributed by atoms with Gasteiger partial charge in [-0.2, -0.15) is 0 Å². The van der Waals surface area contributed by atoms with E-state index < -0.39 is 0 Å². The molecule has 0 spiro atoms. The monoisotopic (exact) mass is 336 g/mol. The van der Waals surface area contributed by atoms with Gasteiger partial charge in [0.15, 0.2) is 11.5 Å². The molecule has 0 saturated carbocycles. The van der Waals surface area contributed by atoms with Crippen LogP contribution >= 0.6 is 0 Å². The summed E-state index contributed by atoms with van der Waals surface area (Å²) in [4.78, 5) is 20.9. The second kappa shape index (κ2) is 6.35. The highest BCUT2D eigenvalue weighted by atomic mass is 16.5. The van der Waals surface area contributed by atoms with Crippen LogP contribution in [0, 0.1) is 0 Å². The predicted octanol–water partition coefficient (Wildman–Crippen LogP) is 2.97. The summed E-state index contributed by atoms with van der Waals surface area (Å²) in [5, 5.41) is 16.2. The molecule has 1 amide bonds. The first-order valence-electron chi connectivity index (χ1n) is 8.11. The Balaban J connectivity index is 1.51. The minimum absolute atomic E-state index is 0.147. The molecule has 2 aromatic heterocycles. The molecule has 0 atom stereocenters. The van der Waals surface area contributed by atoms with Crippen molar-refractivity contribution in [2.75, 3.05) is 5.32 Å². The summed E-state index contributed by atoms with van der Waals surface area (Å²) in [5.41, 5.74) is 2.41. The lowest BCUT2D eigenvalue weighted by molar-refractivity contribution is 0.101. The van der Waals surface area contributed by atoms with Gasteiger partial charge in [0.1, 0.15) is 11.5 Å². The summed E-state index contributed by atoms with van der Waals surface area (Å²) in [7, 11) is 0. The molecular weight excluding hydrogens is 320 g/mol. The Morgan fingerprint density at radius 2 is 1.96 bits per heavy atom. The van der Waals surface area contributed by atoms with E-state index in [1.807, 2.05) is 0 Å². The lowest BCUT2D eigenvalue weighted by atomic mass is 9.96. The van der Waals surface area contributed by atoms with Crippen LogP contribution in [0.4, 0.5) is 5.69 Å². The van der Waals surface area contributed by atoms with Crippen molar-refractivity contribution in [2.24, 2.45) is 0 Å². The van der Waals surface area contributed by atoms with E-state index in [0.29, 0.717) is 22.8 Å². The summed E-state index contributed by atoms with van der Waals surface area (Å²) >= 11 is 0. The fourth-order valence-electron chi connectivity index (χ4n) is 2.94. The smallest absolute Gasteiger partial charge is 0.278 e. The van der Waals surface area contributed by atoms with E-state index in [2.05, 4.69) is 20.4 Å². The molecule has 0 unspecified atom stereocenters. The van der Waals surface area contributed by atoms with Crippen molar-refractivity contribution in [3.05, 3.63) is 53.7 Å². The number of carbonyl (C=O) groups excluding carboxylic acids is 1. The van der Waals surface area contributed by atoms with E-state index in [4.69, 9.17) is 4.52 Å². The molecule has 0 saturated heterocycles. The number of aromatic nitrogens is 3. The van der Waals surface area contributed by atoms with Crippen molar-refractivity contribution in [3.63, 3.8) is 0 Å². The van der Waals surface area contributed by atoms with Crippen molar-refractivity contribution in [2.45, 2.75) is 25.7 Å². The fraction of sp³-hybridized carbons (Fsp3) is 0.222. The third kappa shape index (κ3) is 3.08. The molecule has 2 N–H and O–H groups in total. The van der Waals surface area contributed by atoms with Crippen LogP contribution in [0.1, 0.15) is 34.7 Å². The fourth-order valence-corrected chi connectivity index (χ4v) is 2.94. The van der Waals surface area contributed by atoms with E-state index in [-0.39, 0.29) is 11.7 Å². The number of rotatable bonds is 3. The van der Waals surface area contributed by atoms with Gasteiger partial charge in [0.25, 0.3) is 5.91 Å². The maximum Gasteiger partial charge on any atom is 0.278 e. The predicted molar refractivity (Wildman–Crippen MR) is 90.2 cm³/mol. The molecule has 1 aromatic carbocycles. The van der Waals surface area contributed by atoms with Crippen molar-refractivity contribution in [3.8, 4) is 17.1 Å². The third-order valence-corrected chi connectivity index (χ3v) is 4.18. The van der Waals surface area contributed by atoms with Crippen molar-refractivity contribution in [1.29, 1.82) is 0 Å². The minimum Gasteiger partial charge on any atom is -0.508 e. The van der Waals surface area contributed by atoms with Crippen molar-refractivity contribution >= 4 is 11.6 Å². The van der Waals surface area contributed by atoms with Gasteiger partial charge in [-0.1, -0.05) is 17.3 Å². The van der Waals surface area contributed by atoms with Gasteiger partial charge >= 0.3 is 0 Å². The average molecular weight is 336 g/mol. The zero-order valence-corrected chi connectivity index (χ0v) is 13.4. The van der Waals surface area contributed by atoms with Gasteiger partial charge < -0.3 is 14.9 Å². The van der Waals surface area contributed by atoms with Crippen LogP contribution in [0.5, 0.6) is 5.75 Å². The molecule has 0 aliphatic heterocycles. The van der Waals surface area contributed by atoms with Crippen LogP contribution in [0.3, 0.4) is 0 Å². The molecule has 0 radical (unpaired) electrons. The summed E-state index contributed by atoms with van der Waals surface area (Å²) in [6.45, 7) is 0. The number of hydrogen-bond acceptors (Lipinski definition) is 6. The number of fused-ring (bicyclic) bond motifs is 1. The van der Waals surface area contributed by atoms with Gasteiger partial charge in [-0.05, 0) is 31.4 Å². The zero-order chi connectivity index (χ0) is 17.2. The van der Waals surface area contributed by atoms with Gasteiger partial charge in [-0.25, -0.2) is 9.97 Å². The maximum atomic E-state index is 12.4. The van der Waals surface area contributed by atoms with E-state index in [1.54, 1.807) is 24.3 Å². The van der Waals surface area contributed by atoms with Gasteiger partial charge in [0.05, 0.1) is 18.1 Å². The number of carbonyl (C=O) groups is 1. The first-order valence-corrected chi connectivity index (χ1v) is 8.11. The molecule has 7 nitrogen and oxygen atoms in total. The second-order valence-electron chi connectivity index (χ2n) is 5.94. The highest BCUT2D eigenvalue weighted by Gasteiger charge is 2.24. The molecule has 0 bridgehead atoms. The normalized spacial score (nSPS) is 13.3. The number of phenols is 1. The van der Waals surface area contributed by atoms with Gasteiger partial charge in [0.2, 0.25) is 0 Å². The quantitative estimate of drug-likeness (QED) is 0.762. The first kappa shape index (κ1) is 15.3. The van der Waals surface area contributed by atoms with Crippen molar-refractivity contribution in [1.82, 2.24) is 15.1 Å². The Labute approximate surface area is 143 Å². The summed E-state index contributed by atoms with van der Waals surface area (Å²) < 4.78 is 5.27. The highest BCUT2D eigenvalue weighted by molar-refractivity contribution is 6.03. The number of anilines is 1. The van der Waals surface area contributed by atoms with Gasteiger partial charge in [-0.15, -0.1) is 0 Å². The highest BCUT2D eigenvalue weighted by Crippen LogP contribution is 2.25. The molecule has 2 heterocycles. The SMILES string of the molecule is O=C(Nc1cnc(-c2cccc(O)c2)nc1)c1noc2c1CCCC2. The lowest BCUT2D eigenvalue weighted by Gasteiger charge is -2.09. The number of phenolic OH excluding ortho intramolecular Hbond substituents is 1. The number of aryl methyl sites for hydroxylation is 1. The molecule has 25 heavy (non-hydrogen) atoms. The lowest BCUT2D eigenvalue weighted by Crippen LogP contribution is -2.16. The number of benzene rings is 1. The largest absolute Gasteiger partial charge is 0.508 e. The molecule has 1 aliphatic rings. The number of nitrogens with zero attached hydrogens (tertiary/aromatic N) is 3. The van der Waals surface area contributed by atoms with Gasteiger partial charge in [0, 0.05) is 17.5 Å². The number of aromatic hydroxyl groups is 1. The Morgan fingerprint density at radius 1 is 1.16 bits per heavy atom. The topological polar surface area (TPSA) is 101 Å². The van der Waals surface area contributed by atoms with Crippen LogP contribution in [-0.4, -0.2) is 26.1 Å². The van der Waals surface area contributed by atoms with E-state index >= 15 is 0 Å². The molecular formula is C18H16N4O3. The molecule has 3 aromatic rings. The standard InChI is InChI=1S/C18H16N4O3/c23-13-5-3-4-11(8-13)17-19-9-12(10-20-17)21-18(24)16-14-6-1-2-7-15(14)25-22-16/h3-5,8-10,23H,1-2,6-7H2,(H,21,24). The molecule has 7 heteroatoms. The average Bonchev–Trinajstić information content (AvgIpc) is 3.06. The number of nitrogens with one attached hydrogen (secondary N) is 1. The van der Waals surface area contributed by atoms with Crippen LogP contribution in [0.15, 0.2) is 41.2 Å². The van der Waals surface area contributed by atoms with Crippen LogP contribution in [0.2, 0.25) is 0 Å². The van der Waals surface area contributed by atoms with E-state index in [1.165, 1.54) is 12.4 Å². The Bertz CT molecular complexity index is 918. The van der Waals surface area contributed by atoms with Crippen LogP contribution in [-0.2, 0) is 12.8 Å². The summed E-state index contributed by atoms with van der Waals surface area (Å²) in [6.07, 6.45) is 6.79. The summed E-state index contributed by atoms with van der Waals surface area (Å²) in [5.74, 6) is 1.11. The van der Waals surface area contributed by atoms with Crippen LogP contribution < -0.4 is 5.32 Å².